The maximum atomic E-state index is 13.0. The molecule has 1 aliphatic heterocycles. The molecule has 2 N–H and O–H groups in total. The number of carbonyl (C=O) groups excluding carboxylic acids is 2. The van der Waals surface area contributed by atoms with Crippen LogP contribution in [0.4, 0.5) is 24.5 Å². The van der Waals surface area contributed by atoms with Gasteiger partial charge in [0.25, 0.3) is 0 Å². The maximum Gasteiger partial charge on any atom is 0.417 e. The summed E-state index contributed by atoms with van der Waals surface area (Å²) in [4.78, 5) is 26.2. The number of carbonyl (C=O) groups is 2. The Hall–Kier alpha value is -2.98. The van der Waals surface area contributed by atoms with Gasteiger partial charge in [-0.1, -0.05) is 18.5 Å². The van der Waals surface area contributed by atoms with Crippen LogP contribution in [-0.2, 0) is 15.8 Å². The van der Waals surface area contributed by atoms with Crippen LogP contribution in [0.1, 0.15) is 12.5 Å². The molecule has 0 fully saturated rings. The molecule has 1 heterocycles. The number of ether oxygens (including phenoxy) is 2. The van der Waals surface area contributed by atoms with Crippen molar-refractivity contribution in [1.29, 1.82) is 0 Å². The van der Waals surface area contributed by atoms with Gasteiger partial charge in [-0.3, -0.25) is 14.5 Å². The molecule has 1 aliphatic rings. The Balaban J connectivity index is 1.56. The predicted molar refractivity (Wildman–Crippen MR) is 113 cm³/mol. The van der Waals surface area contributed by atoms with Crippen molar-refractivity contribution < 1.29 is 32.2 Å². The number of nitrogens with zero attached hydrogens (tertiary/aromatic N) is 1. The number of benzene rings is 2. The van der Waals surface area contributed by atoms with Crippen molar-refractivity contribution in [1.82, 2.24) is 4.90 Å². The molecular formula is C21H21ClF3N3O4. The number of nitrogens with one attached hydrogen (secondary N) is 2. The van der Waals surface area contributed by atoms with Gasteiger partial charge >= 0.3 is 6.18 Å². The number of rotatable bonds is 7. The van der Waals surface area contributed by atoms with Crippen molar-refractivity contribution >= 4 is 34.8 Å². The smallest absolute Gasteiger partial charge is 0.417 e. The second-order valence-electron chi connectivity index (χ2n) is 6.95. The zero-order valence-electron chi connectivity index (χ0n) is 17.1. The molecule has 0 spiro atoms. The quantitative estimate of drug-likeness (QED) is 0.637. The summed E-state index contributed by atoms with van der Waals surface area (Å²) in [5.41, 5.74) is -0.563. The zero-order chi connectivity index (χ0) is 23.3. The molecule has 0 atom stereocenters. The first-order chi connectivity index (χ1) is 15.2. The van der Waals surface area contributed by atoms with Gasteiger partial charge in [0.05, 0.1) is 23.7 Å². The fourth-order valence-corrected chi connectivity index (χ4v) is 3.25. The third kappa shape index (κ3) is 6.27. The lowest BCUT2D eigenvalue weighted by Gasteiger charge is -2.21. The number of anilines is 2. The molecule has 3 rings (SSSR count). The molecule has 0 saturated heterocycles. The van der Waals surface area contributed by atoms with E-state index in [0.29, 0.717) is 36.9 Å². The Kier molecular flexibility index (Phi) is 7.47. The van der Waals surface area contributed by atoms with E-state index in [0.717, 1.165) is 12.1 Å². The summed E-state index contributed by atoms with van der Waals surface area (Å²) in [6.45, 7) is 2.73. The van der Waals surface area contributed by atoms with Crippen LogP contribution in [0.5, 0.6) is 11.5 Å². The third-order valence-electron chi connectivity index (χ3n) is 4.56. The standard InChI is InChI=1S/C21H21ClF3N3O4/c1-2-28(11-19(29)26-13-3-5-16(22)15(9-13)21(23,24)25)12-20(30)27-14-4-6-17-18(10-14)32-8-7-31-17/h3-6,9-10H,2,7-8,11-12H2,1H3,(H,26,29)(H,27,30). The first-order valence-corrected chi connectivity index (χ1v) is 10.1. The molecule has 0 bridgehead atoms. The summed E-state index contributed by atoms with van der Waals surface area (Å²) < 4.78 is 49.9. The first-order valence-electron chi connectivity index (χ1n) is 9.74. The van der Waals surface area contributed by atoms with Gasteiger partial charge in [0.2, 0.25) is 11.8 Å². The van der Waals surface area contributed by atoms with Gasteiger partial charge < -0.3 is 20.1 Å². The molecule has 0 aliphatic carbocycles. The highest BCUT2D eigenvalue weighted by molar-refractivity contribution is 6.31. The molecule has 0 unspecified atom stereocenters. The summed E-state index contributed by atoms with van der Waals surface area (Å²) in [6, 6.07) is 8.13. The van der Waals surface area contributed by atoms with Gasteiger partial charge in [-0.15, -0.1) is 0 Å². The van der Waals surface area contributed by atoms with Crippen molar-refractivity contribution in [2.24, 2.45) is 0 Å². The maximum absolute atomic E-state index is 13.0. The predicted octanol–water partition coefficient (Wildman–Crippen LogP) is 4.03. The van der Waals surface area contributed by atoms with Crippen LogP contribution < -0.4 is 20.1 Å². The van der Waals surface area contributed by atoms with Crippen LogP contribution in [0.3, 0.4) is 0 Å². The van der Waals surface area contributed by atoms with E-state index in [1.54, 1.807) is 30.0 Å². The Morgan fingerprint density at radius 3 is 2.12 bits per heavy atom. The summed E-state index contributed by atoms with van der Waals surface area (Å²) in [5, 5.41) is 4.67. The Morgan fingerprint density at radius 2 is 1.53 bits per heavy atom. The average molecular weight is 472 g/mol. The molecule has 0 saturated carbocycles. The molecule has 32 heavy (non-hydrogen) atoms. The second kappa shape index (κ2) is 10.1. The molecule has 2 amide bonds. The summed E-state index contributed by atoms with van der Waals surface area (Å²) in [5.74, 6) is 0.204. The number of fused-ring (bicyclic) bond motifs is 1. The number of hydrogen-bond acceptors (Lipinski definition) is 5. The van der Waals surface area contributed by atoms with Gasteiger partial charge in [0.1, 0.15) is 13.2 Å². The molecule has 7 nitrogen and oxygen atoms in total. The molecule has 0 aromatic heterocycles. The van der Waals surface area contributed by atoms with E-state index in [4.69, 9.17) is 21.1 Å². The molecule has 2 aromatic rings. The molecule has 172 valence electrons. The molecular weight excluding hydrogens is 451 g/mol. The van der Waals surface area contributed by atoms with E-state index in [9.17, 15) is 22.8 Å². The van der Waals surface area contributed by atoms with E-state index < -0.39 is 22.7 Å². The van der Waals surface area contributed by atoms with Gasteiger partial charge in [-0.25, -0.2) is 0 Å². The number of halogens is 4. The average Bonchev–Trinajstić information content (AvgIpc) is 2.73. The number of hydrogen-bond donors (Lipinski definition) is 2. The lowest BCUT2D eigenvalue weighted by molar-refractivity contribution is -0.137. The zero-order valence-corrected chi connectivity index (χ0v) is 17.8. The lowest BCUT2D eigenvalue weighted by atomic mass is 10.2. The fraction of sp³-hybridized carbons (Fsp3) is 0.333. The minimum absolute atomic E-state index is 0.0384. The lowest BCUT2D eigenvalue weighted by Crippen LogP contribution is -2.38. The largest absolute Gasteiger partial charge is 0.486 e. The van der Waals surface area contributed by atoms with E-state index >= 15 is 0 Å². The number of likely N-dealkylation sites (N-methyl/N-ethyl adjacent to an activating group) is 1. The normalized spacial score (nSPS) is 13.1. The Morgan fingerprint density at radius 1 is 0.969 bits per heavy atom. The van der Waals surface area contributed by atoms with Crippen molar-refractivity contribution in [2.45, 2.75) is 13.1 Å². The minimum Gasteiger partial charge on any atom is -0.486 e. The monoisotopic (exact) mass is 471 g/mol. The highest BCUT2D eigenvalue weighted by Crippen LogP contribution is 2.36. The van der Waals surface area contributed by atoms with Crippen LogP contribution in [0.25, 0.3) is 0 Å². The van der Waals surface area contributed by atoms with Gasteiger partial charge in [0.15, 0.2) is 11.5 Å². The van der Waals surface area contributed by atoms with Gasteiger partial charge in [0, 0.05) is 17.4 Å². The highest BCUT2D eigenvalue weighted by atomic mass is 35.5. The van der Waals surface area contributed by atoms with Crippen molar-refractivity contribution in [3.05, 3.63) is 47.0 Å². The summed E-state index contributed by atoms with van der Waals surface area (Å²) in [6.07, 6.45) is -4.64. The third-order valence-corrected chi connectivity index (χ3v) is 4.89. The van der Waals surface area contributed by atoms with Crippen LogP contribution in [0.2, 0.25) is 5.02 Å². The van der Waals surface area contributed by atoms with E-state index in [-0.39, 0.29) is 24.7 Å². The van der Waals surface area contributed by atoms with E-state index in [2.05, 4.69) is 10.6 Å². The van der Waals surface area contributed by atoms with Crippen LogP contribution in [0, 0.1) is 0 Å². The molecule has 2 aromatic carbocycles. The van der Waals surface area contributed by atoms with Crippen LogP contribution >= 0.6 is 11.6 Å². The van der Waals surface area contributed by atoms with Crippen molar-refractivity contribution in [2.75, 3.05) is 43.5 Å². The van der Waals surface area contributed by atoms with E-state index in [1.807, 2.05) is 0 Å². The summed E-state index contributed by atoms with van der Waals surface area (Å²) >= 11 is 5.59. The fourth-order valence-electron chi connectivity index (χ4n) is 3.03. The van der Waals surface area contributed by atoms with Crippen molar-refractivity contribution in [3.8, 4) is 11.5 Å². The van der Waals surface area contributed by atoms with Crippen LogP contribution in [0.15, 0.2) is 36.4 Å². The number of amides is 2. The second-order valence-corrected chi connectivity index (χ2v) is 7.36. The minimum atomic E-state index is -4.64. The molecule has 0 radical (unpaired) electrons. The van der Waals surface area contributed by atoms with Crippen molar-refractivity contribution in [3.63, 3.8) is 0 Å². The molecule has 11 heteroatoms. The summed E-state index contributed by atoms with van der Waals surface area (Å²) in [7, 11) is 0. The van der Waals surface area contributed by atoms with Crippen LogP contribution in [-0.4, -0.2) is 49.6 Å². The highest BCUT2D eigenvalue weighted by Gasteiger charge is 2.33. The van der Waals surface area contributed by atoms with Gasteiger partial charge in [-0.2, -0.15) is 13.2 Å². The Labute approximate surface area is 187 Å². The van der Waals surface area contributed by atoms with E-state index in [1.165, 1.54) is 6.07 Å². The first kappa shape index (κ1) is 23.7. The number of alkyl halides is 3. The Bertz CT molecular complexity index is 1000. The topological polar surface area (TPSA) is 79.9 Å². The SMILES string of the molecule is CCN(CC(=O)Nc1ccc2c(c1)OCCO2)CC(=O)Nc1ccc(Cl)c(C(F)(F)F)c1. The van der Waals surface area contributed by atoms with Gasteiger partial charge in [-0.05, 0) is 36.9 Å².